The van der Waals surface area contributed by atoms with Crippen LogP contribution < -0.4 is 4.74 Å². The minimum atomic E-state index is -0.280. The zero-order chi connectivity index (χ0) is 18.9. The molecule has 27 heavy (non-hydrogen) atoms. The monoisotopic (exact) mass is 364 g/mol. The standard InChI is InChI=1S/C25H32O2/c1-2-3-4-6-9-20-12-14-23(15-13-20)25(26)27-24-18-16-22(17-19-24)21-10-7-5-8-11-21/h12-19,21H,2-11H2,1H3. The van der Waals surface area contributed by atoms with E-state index in [9.17, 15) is 4.79 Å². The Morgan fingerprint density at radius 1 is 0.889 bits per heavy atom. The summed E-state index contributed by atoms with van der Waals surface area (Å²) in [4.78, 5) is 12.4. The van der Waals surface area contributed by atoms with E-state index in [0.29, 0.717) is 17.2 Å². The van der Waals surface area contributed by atoms with E-state index in [1.807, 2.05) is 24.3 Å². The number of ether oxygens (including phenoxy) is 1. The molecular weight excluding hydrogens is 332 g/mol. The molecule has 0 bridgehead atoms. The number of carbonyl (C=O) groups excluding carboxylic acids is 1. The first-order chi connectivity index (χ1) is 13.3. The van der Waals surface area contributed by atoms with Gasteiger partial charge in [-0.2, -0.15) is 0 Å². The molecular formula is C25H32O2. The summed E-state index contributed by atoms with van der Waals surface area (Å²) in [5.74, 6) is 1.02. The van der Waals surface area contributed by atoms with Crippen molar-refractivity contribution < 1.29 is 9.53 Å². The van der Waals surface area contributed by atoms with Crippen molar-refractivity contribution in [3.8, 4) is 5.75 Å². The second-order valence-corrected chi connectivity index (χ2v) is 7.80. The Morgan fingerprint density at radius 3 is 2.26 bits per heavy atom. The number of hydrogen-bond donors (Lipinski definition) is 0. The number of esters is 1. The van der Waals surface area contributed by atoms with Crippen molar-refractivity contribution in [2.45, 2.75) is 77.0 Å². The van der Waals surface area contributed by atoms with Crippen LogP contribution in [0.1, 0.15) is 92.1 Å². The molecule has 0 spiro atoms. The lowest BCUT2D eigenvalue weighted by Gasteiger charge is -2.22. The number of aryl methyl sites for hydroxylation is 1. The van der Waals surface area contributed by atoms with Gasteiger partial charge in [-0.05, 0) is 67.0 Å². The van der Waals surface area contributed by atoms with Crippen LogP contribution in [0, 0.1) is 0 Å². The third-order valence-electron chi connectivity index (χ3n) is 5.68. The largest absolute Gasteiger partial charge is 0.423 e. The van der Waals surface area contributed by atoms with Gasteiger partial charge < -0.3 is 4.74 Å². The number of unbranched alkanes of at least 4 members (excludes halogenated alkanes) is 3. The van der Waals surface area contributed by atoms with E-state index in [1.165, 1.54) is 68.9 Å². The molecule has 2 heteroatoms. The maximum atomic E-state index is 12.4. The zero-order valence-electron chi connectivity index (χ0n) is 16.6. The Labute approximate surface area is 164 Å². The van der Waals surface area contributed by atoms with Crippen molar-refractivity contribution in [2.24, 2.45) is 0 Å². The van der Waals surface area contributed by atoms with Crippen LogP contribution in [-0.2, 0) is 6.42 Å². The molecule has 1 aliphatic carbocycles. The molecule has 0 atom stereocenters. The van der Waals surface area contributed by atoms with Crippen molar-refractivity contribution in [1.29, 1.82) is 0 Å². The minimum Gasteiger partial charge on any atom is -0.423 e. The van der Waals surface area contributed by atoms with Gasteiger partial charge in [-0.3, -0.25) is 0 Å². The molecule has 144 valence electrons. The van der Waals surface area contributed by atoms with Crippen LogP contribution in [0.5, 0.6) is 5.75 Å². The van der Waals surface area contributed by atoms with E-state index in [-0.39, 0.29) is 5.97 Å². The number of carbonyl (C=O) groups is 1. The van der Waals surface area contributed by atoms with E-state index in [4.69, 9.17) is 4.74 Å². The van der Waals surface area contributed by atoms with E-state index >= 15 is 0 Å². The lowest BCUT2D eigenvalue weighted by molar-refractivity contribution is 0.0734. The molecule has 2 aromatic rings. The minimum absolute atomic E-state index is 0.280. The molecule has 0 aromatic heterocycles. The first-order valence-corrected chi connectivity index (χ1v) is 10.7. The predicted molar refractivity (Wildman–Crippen MR) is 112 cm³/mol. The molecule has 0 unspecified atom stereocenters. The summed E-state index contributed by atoms with van der Waals surface area (Å²) < 4.78 is 5.56. The maximum absolute atomic E-state index is 12.4. The van der Waals surface area contributed by atoms with Gasteiger partial charge in [0, 0.05) is 0 Å². The van der Waals surface area contributed by atoms with E-state index in [1.54, 1.807) is 0 Å². The van der Waals surface area contributed by atoms with Crippen LogP contribution in [0.4, 0.5) is 0 Å². The highest BCUT2D eigenvalue weighted by Gasteiger charge is 2.16. The first kappa shape index (κ1) is 19.7. The van der Waals surface area contributed by atoms with Gasteiger partial charge in [-0.15, -0.1) is 0 Å². The average molecular weight is 365 g/mol. The molecule has 2 aromatic carbocycles. The zero-order valence-corrected chi connectivity index (χ0v) is 16.6. The Morgan fingerprint density at radius 2 is 1.59 bits per heavy atom. The summed E-state index contributed by atoms with van der Waals surface area (Å²) in [6.45, 7) is 2.23. The molecule has 0 N–H and O–H groups in total. The van der Waals surface area contributed by atoms with Crippen LogP contribution in [0.25, 0.3) is 0 Å². The van der Waals surface area contributed by atoms with Gasteiger partial charge >= 0.3 is 5.97 Å². The second-order valence-electron chi connectivity index (χ2n) is 7.80. The van der Waals surface area contributed by atoms with Gasteiger partial charge in [0.05, 0.1) is 5.56 Å². The molecule has 1 aliphatic rings. The van der Waals surface area contributed by atoms with Gasteiger partial charge in [0.2, 0.25) is 0 Å². The molecule has 2 nitrogen and oxygen atoms in total. The van der Waals surface area contributed by atoms with Crippen LogP contribution in [0.15, 0.2) is 48.5 Å². The summed E-state index contributed by atoms with van der Waals surface area (Å²) in [6, 6.07) is 16.0. The van der Waals surface area contributed by atoms with Gasteiger partial charge in [0.25, 0.3) is 0 Å². The third-order valence-corrected chi connectivity index (χ3v) is 5.68. The third kappa shape index (κ3) is 5.95. The van der Waals surface area contributed by atoms with E-state index in [0.717, 1.165) is 6.42 Å². The van der Waals surface area contributed by atoms with Gasteiger partial charge in [0.15, 0.2) is 0 Å². The van der Waals surface area contributed by atoms with Gasteiger partial charge in [-0.1, -0.05) is 69.7 Å². The topological polar surface area (TPSA) is 26.3 Å². The Bertz CT molecular complexity index is 694. The van der Waals surface area contributed by atoms with Crippen molar-refractivity contribution in [2.75, 3.05) is 0 Å². The van der Waals surface area contributed by atoms with Crippen molar-refractivity contribution >= 4 is 5.97 Å². The Kier molecular flexibility index (Phi) is 7.50. The Balaban J connectivity index is 1.52. The van der Waals surface area contributed by atoms with Gasteiger partial charge in [0.1, 0.15) is 5.75 Å². The first-order valence-electron chi connectivity index (χ1n) is 10.7. The van der Waals surface area contributed by atoms with Crippen molar-refractivity contribution in [1.82, 2.24) is 0 Å². The summed E-state index contributed by atoms with van der Waals surface area (Å²) >= 11 is 0. The highest BCUT2D eigenvalue weighted by Crippen LogP contribution is 2.33. The Hall–Kier alpha value is -2.09. The second kappa shape index (κ2) is 10.3. The summed E-state index contributed by atoms with van der Waals surface area (Å²) in [7, 11) is 0. The van der Waals surface area contributed by atoms with Gasteiger partial charge in [-0.25, -0.2) is 4.79 Å². The SMILES string of the molecule is CCCCCCc1ccc(C(=O)Oc2ccc(C3CCCCC3)cc2)cc1. The fourth-order valence-corrected chi connectivity index (χ4v) is 3.97. The molecule has 0 heterocycles. The maximum Gasteiger partial charge on any atom is 0.343 e. The van der Waals surface area contributed by atoms with Crippen molar-refractivity contribution in [3.05, 3.63) is 65.2 Å². The summed E-state index contributed by atoms with van der Waals surface area (Å²) in [5.41, 5.74) is 3.28. The molecule has 0 aliphatic heterocycles. The fourth-order valence-electron chi connectivity index (χ4n) is 3.97. The molecule has 0 radical (unpaired) electrons. The number of hydrogen-bond acceptors (Lipinski definition) is 2. The average Bonchev–Trinajstić information content (AvgIpc) is 2.73. The van der Waals surface area contributed by atoms with Crippen LogP contribution in [0.3, 0.4) is 0 Å². The molecule has 0 saturated heterocycles. The smallest absolute Gasteiger partial charge is 0.343 e. The lowest BCUT2D eigenvalue weighted by Crippen LogP contribution is -2.09. The van der Waals surface area contributed by atoms with Crippen LogP contribution >= 0.6 is 0 Å². The number of rotatable bonds is 8. The molecule has 1 fully saturated rings. The highest BCUT2D eigenvalue weighted by atomic mass is 16.5. The highest BCUT2D eigenvalue weighted by molar-refractivity contribution is 5.91. The van der Waals surface area contributed by atoms with E-state index in [2.05, 4.69) is 31.2 Å². The van der Waals surface area contributed by atoms with Crippen molar-refractivity contribution in [3.63, 3.8) is 0 Å². The predicted octanol–water partition coefficient (Wildman–Crippen LogP) is 7.08. The fraction of sp³-hybridized carbons (Fsp3) is 0.480. The number of benzene rings is 2. The van der Waals surface area contributed by atoms with E-state index < -0.39 is 0 Å². The normalized spacial score (nSPS) is 14.9. The van der Waals surface area contributed by atoms with Crippen LogP contribution in [0.2, 0.25) is 0 Å². The summed E-state index contributed by atoms with van der Waals surface area (Å²) in [6.07, 6.45) is 12.7. The van der Waals surface area contributed by atoms with Crippen LogP contribution in [-0.4, -0.2) is 5.97 Å². The molecule has 0 amide bonds. The molecule has 1 saturated carbocycles. The lowest BCUT2D eigenvalue weighted by atomic mass is 9.84. The summed E-state index contributed by atoms with van der Waals surface area (Å²) in [5, 5.41) is 0. The quantitative estimate of drug-likeness (QED) is 0.284. The molecule has 3 rings (SSSR count).